The van der Waals surface area contributed by atoms with Crippen LogP contribution in [-0.4, -0.2) is 15.0 Å². The molecule has 7 rings (SSSR count). The van der Waals surface area contributed by atoms with Crippen LogP contribution in [0.25, 0.3) is 17.0 Å². The van der Waals surface area contributed by atoms with Gasteiger partial charge in [-0.2, -0.15) is 0 Å². The molecule has 6 aromatic rings. The van der Waals surface area contributed by atoms with E-state index >= 15 is 0 Å². The molecule has 6 nitrogen and oxygen atoms in total. The summed E-state index contributed by atoms with van der Waals surface area (Å²) in [4.78, 5) is 33.4. The van der Waals surface area contributed by atoms with Gasteiger partial charge in [-0.1, -0.05) is 101 Å². The van der Waals surface area contributed by atoms with Crippen LogP contribution in [0.2, 0.25) is 5.02 Å². The Morgan fingerprint density at radius 1 is 0.933 bits per heavy atom. The standard InChI is InChI=1S/C37H29ClN4O2S/c1-23-12-16-26(17-13-23)34-33(35(43)40-29-8-4-3-5-9-29)24(2)39-37-42(34)36(44)32(45-37)20-27-22-41(31-11-7-6-10-30(27)31)21-25-14-18-28(38)19-15-25/h3-20,22,34H,21H2,1-2H3,(H,40,43)/b32-20+/t34-/m0/s1. The maximum atomic E-state index is 14.3. The summed E-state index contributed by atoms with van der Waals surface area (Å²) in [5, 5.41) is 4.76. The molecule has 45 heavy (non-hydrogen) atoms. The number of amides is 1. The number of carbonyl (C=O) groups excluding carboxylic acids is 1. The van der Waals surface area contributed by atoms with Crippen LogP contribution in [0.4, 0.5) is 5.69 Å². The molecule has 0 fully saturated rings. The van der Waals surface area contributed by atoms with E-state index in [2.05, 4.69) is 28.2 Å². The van der Waals surface area contributed by atoms with Crippen molar-refractivity contribution in [3.63, 3.8) is 0 Å². The average molecular weight is 629 g/mol. The maximum absolute atomic E-state index is 14.3. The predicted molar refractivity (Wildman–Crippen MR) is 183 cm³/mol. The summed E-state index contributed by atoms with van der Waals surface area (Å²) >= 11 is 7.46. The SMILES string of the molecule is CC1=C(C(=O)Nc2ccccc2)[C@H](c2ccc(C)cc2)n2c(s/c(=C/c3cn(Cc4ccc(Cl)cc4)c4ccccc34)c2=O)=N1. The summed E-state index contributed by atoms with van der Waals surface area (Å²) < 4.78 is 4.41. The Kier molecular flexibility index (Phi) is 7.57. The highest BCUT2D eigenvalue weighted by Gasteiger charge is 2.32. The number of carbonyl (C=O) groups is 1. The Bertz CT molecular complexity index is 2280. The quantitative estimate of drug-likeness (QED) is 0.219. The Morgan fingerprint density at radius 3 is 2.40 bits per heavy atom. The first kappa shape index (κ1) is 28.8. The minimum atomic E-state index is -0.626. The molecule has 0 radical (unpaired) electrons. The topological polar surface area (TPSA) is 68.4 Å². The number of nitrogens with zero attached hydrogens (tertiary/aromatic N) is 3. The van der Waals surface area contributed by atoms with Gasteiger partial charge in [0.2, 0.25) is 0 Å². The summed E-state index contributed by atoms with van der Waals surface area (Å²) in [6.07, 6.45) is 4.03. The van der Waals surface area contributed by atoms with Crippen molar-refractivity contribution in [1.29, 1.82) is 0 Å². The van der Waals surface area contributed by atoms with E-state index in [0.717, 1.165) is 33.2 Å². The first-order chi connectivity index (χ1) is 21.9. The van der Waals surface area contributed by atoms with Crippen LogP contribution in [0.3, 0.4) is 0 Å². The number of aryl methyl sites for hydroxylation is 1. The molecule has 2 aromatic heterocycles. The fourth-order valence-electron chi connectivity index (χ4n) is 5.84. The number of nitrogens with one attached hydrogen (secondary N) is 1. The zero-order valence-electron chi connectivity index (χ0n) is 24.7. The molecule has 1 aliphatic heterocycles. The summed E-state index contributed by atoms with van der Waals surface area (Å²) in [6.45, 7) is 4.52. The van der Waals surface area contributed by atoms with E-state index in [1.165, 1.54) is 11.3 Å². The van der Waals surface area contributed by atoms with Gasteiger partial charge in [0.05, 0.1) is 21.8 Å². The minimum absolute atomic E-state index is 0.184. The van der Waals surface area contributed by atoms with E-state index in [1.54, 1.807) is 4.57 Å². The second kappa shape index (κ2) is 11.8. The maximum Gasteiger partial charge on any atom is 0.271 e. The lowest BCUT2D eigenvalue weighted by Gasteiger charge is -2.25. The van der Waals surface area contributed by atoms with Crippen LogP contribution in [0, 0.1) is 6.92 Å². The molecule has 1 atom stereocenters. The van der Waals surface area contributed by atoms with Crippen molar-refractivity contribution in [2.24, 2.45) is 4.99 Å². The third-order valence-electron chi connectivity index (χ3n) is 8.06. The lowest BCUT2D eigenvalue weighted by molar-refractivity contribution is -0.113. The second-order valence-electron chi connectivity index (χ2n) is 11.2. The van der Waals surface area contributed by atoms with Crippen LogP contribution < -0.4 is 20.2 Å². The number of fused-ring (bicyclic) bond motifs is 2. The van der Waals surface area contributed by atoms with Crippen molar-refractivity contribution in [1.82, 2.24) is 9.13 Å². The van der Waals surface area contributed by atoms with Crippen molar-refractivity contribution in [3.8, 4) is 0 Å². The van der Waals surface area contributed by atoms with Gasteiger partial charge in [0.15, 0.2) is 4.80 Å². The van der Waals surface area contributed by atoms with E-state index in [9.17, 15) is 9.59 Å². The number of thiazole rings is 1. The van der Waals surface area contributed by atoms with E-state index in [-0.39, 0.29) is 11.5 Å². The van der Waals surface area contributed by atoms with Gasteiger partial charge in [-0.3, -0.25) is 14.2 Å². The first-order valence-corrected chi connectivity index (χ1v) is 15.8. The van der Waals surface area contributed by atoms with Crippen molar-refractivity contribution in [2.45, 2.75) is 26.4 Å². The third kappa shape index (κ3) is 5.57. The monoisotopic (exact) mass is 628 g/mol. The number of allylic oxidation sites excluding steroid dienone is 1. The van der Waals surface area contributed by atoms with E-state index < -0.39 is 6.04 Å². The normalized spacial score (nSPS) is 14.8. The predicted octanol–water partition coefficient (Wildman–Crippen LogP) is 6.84. The van der Waals surface area contributed by atoms with Gasteiger partial charge in [0.25, 0.3) is 11.5 Å². The van der Waals surface area contributed by atoms with Gasteiger partial charge in [-0.15, -0.1) is 0 Å². The molecule has 222 valence electrons. The van der Waals surface area contributed by atoms with Crippen LogP contribution in [-0.2, 0) is 11.3 Å². The number of halogens is 1. The zero-order chi connectivity index (χ0) is 31.1. The number of para-hydroxylation sites is 2. The highest BCUT2D eigenvalue weighted by Crippen LogP contribution is 2.31. The molecular weight excluding hydrogens is 600 g/mol. The average Bonchev–Trinajstić information content (AvgIpc) is 3.54. The van der Waals surface area contributed by atoms with Crippen molar-refractivity contribution < 1.29 is 4.79 Å². The number of rotatable bonds is 6. The van der Waals surface area contributed by atoms with Crippen molar-refractivity contribution in [2.75, 3.05) is 5.32 Å². The molecule has 3 heterocycles. The Balaban J connectivity index is 1.35. The number of aromatic nitrogens is 2. The zero-order valence-corrected chi connectivity index (χ0v) is 26.3. The molecule has 0 saturated carbocycles. The van der Waals surface area contributed by atoms with Gasteiger partial charge in [0.1, 0.15) is 0 Å². The van der Waals surface area contributed by atoms with Gasteiger partial charge in [-0.25, -0.2) is 4.99 Å². The summed E-state index contributed by atoms with van der Waals surface area (Å²) in [6, 6.07) is 32.7. The third-order valence-corrected chi connectivity index (χ3v) is 9.30. The molecule has 0 aliphatic carbocycles. The van der Waals surface area contributed by atoms with Crippen LogP contribution in [0.5, 0.6) is 0 Å². The Morgan fingerprint density at radius 2 is 1.64 bits per heavy atom. The number of hydrogen-bond donors (Lipinski definition) is 1. The fraction of sp³-hybridized carbons (Fsp3) is 0.108. The van der Waals surface area contributed by atoms with Gasteiger partial charge in [0, 0.05) is 39.9 Å². The van der Waals surface area contributed by atoms with Crippen LogP contribution in [0.15, 0.2) is 130 Å². The summed E-state index contributed by atoms with van der Waals surface area (Å²) in [5.74, 6) is -0.285. The molecule has 8 heteroatoms. The van der Waals surface area contributed by atoms with Gasteiger partial charge in [-0.05, 0) is 61.4 Å². The molecule has 0 spiro atoms. The number of anilines is 1. The lowest BCUT2D eigenvalue weighted by Crippen LogP contribution is -2.40. The highest BCUT2D eigenvalue weighted by atomic mass is 35.5. The molecule has 0 unspecified atom stereocenters. The first-order valence-electron chi connectivity index (χ1n) is 14.6. The van der Waals surface area contributed by atoms with Crippen molar-refractivity contribution in [3.05, 3.63) is 168 Å². The lowest BCUT2D eigenvalue weighted by atomic mass is 9.94. The van der Waals surface area contributed by atoms with E-state index in [1.807, 2.05) is 111 Å². The van der Waals surface area contributed by atoms with Crippen molar-refractivity contribution >= 4 is 51.5 Å². The van der Waals surface area contributed by atoms with Gasteiger partial charge < -0.3 is 9.88 Å². The number of benzene rings is 4. The summed E-state index contributed by atoms with van der Waals surface area (Å²) in [7, 11) is 0. The molecular formula is C37H29ClN4O2S. The molecule has 0 saturated heterocycles. The molecule has 0 bridgehead atoms. The largest absolute Gasteiger partial charge is 0.342 e. The molecule has 1 N–H and O–H groups in total. The van der Waals surface area contributed by atoms with E-state index in [0.29, 0.717) is 37.9 Å². The summed E-state index contributed by atoms with van der Waals surface area (Å²) in [5.41, 5.74) is 6.60. The molecule has 1 amide bonds. The van der Waals surface area contributed by atoms with Crippen LogP contribution in [0.1, 0.15) is 35.2 Å². The van der Waals surface area contributed by atoms with Crippen LogP contribution >= 0.6 is 22.9 Å². The smallest absolute Gasteiger partial charge is 0.271 e. The van der Waals surface area contributed by atoms with Gasteiger partial charge >= 0.3 is 0 Å². The molecule has 1 aliphatic rings. The Labute approximate surface area is 268 Å². The minimum Gasteiger partial charge on any atom is -0.342 e. The molecule has 4 aromatic carbocycles. The second-order valence-corrected chi connectivity index (χ2v) is 12.6. The number of hydrogen-bond acceptors (Lipinski definition) is 4. The fourth-order valence-corrected chi connectivity index (χ4v) is 7.01. The Hall–Kier alpha value is -4.98. The van der Waals surface area contributed by atoms with E-state index in [4.69, 9.17) is 16.6 Å². The highest BCUT2D eigenvalue weighted by molar-refractivity contribution is 7.07.